The zero-order chi connectivity index (χ0) is 36.7. The third kappa shape index (κ3) is 9.26. The number of aliphatic carboxylic acids is 1. The number of carbonyl (C=O) groups excluding carboxylic acids is 3. The van der Waals surface area contributed by atoms with Crippen LogP contribution in [0.2, 0.25) is 0 Å². The predicted molar refractivity (Wildman–Crippen MR) is 196 cm³/mol. The summed E-state index contributed by atoms with van der Waals surface area (Å²) in [5.41, 5.74) is 1.80. The van der Waals surface area contributed by atoms with Crippen molar-refractivity contribution < 1.29 is 29.0 Å². The number of likely N-dealkylation sites (N-methyl/N-ethyl adjacent to an activating group) is 1. The topological polar surface area (TPSA) is 169 Å². The van der Waals surface area contributed by atoms with Crippen LogP contribution in [0.4, 0.5) is 23.1 Å². The number of hydrogen-bond donors (Lipinski definition) is 4. The summed E-state index contributed by atoms with van der Waals surface area (Å²) >= 11 is 0. The highest BCUT2D eigenvalue weighted by atomic mass is 16.5. The molecule has 14 nitrogen and oxygen atoms in total. The van der Waals surface area contributed by atoms with E-state index in [1.807, 2.05) is 20.8 Å². The molecule has 3 aliphatic rings. The minimum absolute atomic E-state index is 0.0249. The summed E-state index contributed by atoms with van der Waals surface area (Å²) in [5, 5.41) is 18.4. The number of ether oxygens (including phenoxy) is 1. The van der Waals surface area contributed by atoms with Crippen molar-refractivity contribution in [3.05, 3.63) is 30.0 Å². The van der Waals surface area contributed by atoms with Gasteiger partial charge in [-0.05, 0) is 75.6 Å². The second-order valence-electron chi connectivity index (χ2n) is 14.4. The number of nitrogens with one attached hydrogen (secondary N) is 3. The first-order chi connectivity index (χ1) is 24.5. The zero-order valence-corrected chi connectivity index (χ0v) is 30.6. The Labute approximate surface area is 300 Å². The second kappa shape index (κ2) is 17.2. The van der Waals surface area contributed by atoms with Gasteiger partial charge >= 0.3 is 5.97 Å². The van der Waals surface area contributed by atoms with Gasteiger partial charge in [0.05, 0.1) is 19.0 Å². The fourth-order valence-corrected chi connectivity index (χ4v) is 7.49. The molecule has 1 aromatic heterocycles. The first-order valence-electron chi connectivity index (χ1n) is 18.4. The minimum atomic E-state index is -1.00. The second-order valence-corrected chi connectivity index (χ2v) is 14.4. The van der Waals surface area contributed by atoms with E-state index in [0.717, 1.165) is 64.0 Å². The molecule has 0 bridgehead atoms. The van der Waals surface area contributed by atoms with Gasteiger partial charge in [-0.1, -0.05) is 33.6 Å². The van der Waals surface area contributed by atoms with E-state index in [1.54, 1.807) is 43.5 Å². The lowest BCUT2D eigenvalue weighted by atomic mass is 10.0. The highest BCUT2D eigenvalue weighted by Gasteiger charge is 2.41. The van der Waals surface area contributed by atoms with E-state index < -0.39 is 12.0 Å². The van der Waals surface area contributed by atoms with Crippen molar-refractivity contribution in [3.8, 4) is 5.75 Å². The normalized spacial score (nSPS) is 19.2. The first kappa shape index (κ1) is 37.8. The van der Waals surface area contributed by atoms with E-state index in [9.17, 15) is 24.3 Å². The number of amides is 3. The smallest absolute Gasteiger partial charge is 0.326 e. The van der Waals surface area contributed by atoms with Gasteiger partial charge in [-0.15, -0.1) is 0 Å². The van der Waals surface area contributed by atoms with E-state index in [1.165, 1.54) is 0 Å². The highest BCUT2D eigenvalue weighted by Crippen LogP contribution is 2.40. The molecule has 1 aromatic carbocycles. The SMILES string of the molecule is CC[C@H]1C(=O)N(C)c2cnc(Nc3ccc(C(=O)NC4CCN(CCCC(=O)N[C@H](CC(C)C)C(=O)O)CC4)cc3OC)nc2N1C1CCCC1. The van der Waals surface area contributed by atoms with Crippen molar-refractivity contribution in [1.29, 1.82) is 0 Å². The number of likely N-dealkylation sites (tertiary alicyclic amines) is 1. The number of methoxy groups -OCH3 is 1. The maximum Gasteiger partial charge on any atom is 0.326 e. The number of piperidine rings is 1. The van der Waals surface area contributed by atoms with Crippen molar-refractivity contribution in [2.75, 3.05) is 48.9 Å². The van der Waals surface area contributed by atoms with Crippen molar-refractivity contribution in [3.63, 3.8) is 0 Å². The van der Waals surface area contributed by atoms with E-state index in [4.69, 9.17) is 9.72 Å². The van der Waals surface area contributed by atoms with Crippen LogP contribution < -0.4 is 30.5 Å². The molecule has 278 valence electrons. The fraction of sp³-hybridized carbons (Fsp3) is 0.622. The summed E-state index contributed by atoms with van der Waals surface area (Å²) in [4.78, 5) is 65.9. The van der Waals surface area contributed by atoms with Crippen LogP contribution in [-0.2, 0) is 14.4 Å². The summed E-state index contributed by atoms with van der Waals surface area (Å²) in [6, 6.07) is 4.41. The maximum absolute atomic E-state index is 13.3. The van der Waals surface area contributed by atoms with Crippen LogP contribution in [0.25, 0.3) is 0 Å². The molecular formula is C37H54N8O6. The molecule has 1 saturated carbocycles. The predicted octanol–water partition coefficient (Wildman–Crippen LogP) is 4.32. The standard InChI is InChI=1S/C37H54N8O6/c1-6-29-35(48)43(4)30-22-38-37(42-33(30)45(29)26-10-7-8-11-26)41-27-14-13-24(21-31(27)51-5)34(47)39-25-15-18-44(19-16-25)17-9-12-32(46)40-28(36(49)50)20-23(2)3/h13-14,21-23,25-26,28-29H,6-12,15-20H2,1-5H3,(H,39,47)(H,40,46)(H,49,50)(H,38,41,42)/t28-,29+/m1/s1. The molecule has 0 unspecified atom stereocenters. The van der Waals surface area contributed by atoms with Crippen LogP contribution in [0.15, 0.2) is 24.4 Å². The van der Waals surface area contributed by atoms with E-state index in [-0.39, 0.29) is 48.2 Å². The van der Waals surface area contributed by atoms with Gasteiger partial charge in [0.2, 0.25) is 17.8 Å². The molecule has 1 aliphatic carbocycles. The largest absolute Gasteiger partial charge is 0.495 e. The molecular weight excluding hydrogens is 652 g/mol. The van der Waals surface area contributed by atoms with Gasteiger partial charge in [0.15, 0.2) is 5.82 Å². The molecule has 0 spiro atoms. The molecule has 14 heteroatoms. The van der Waals surface area contributed by atoms with Gasteiger partial charge < -0.3 is 40.5 Å². The van der Waals surface area contributed by atoms with Crippen molar-refractivity contribution >= 4 is 46.8 Å². The van der Waals surface area contributed by atoms with Crippen LogP contribution >= 0.6 is 0 Å². The van der Waals surface area contributed by atoms with Gasteiger partial charge in [0.1, 0.15) is 23.5 Å². The highest BCUT2D eigenvalue weighted by molar-refractivity contribution is 6.04. The Hall–Kier alpha value is -4.46. The molecule has 3 amide bonds. The minimum Gasteiger partial charge on any atom is -0.495 e. The molecule has 2 aliphatic heterocycles. The molecule has 2 atom stereocenters. The average Bonchev–Trinajstić information content (AvgIpc) is 3.64. The first-order valence-corrected chi connectivity index (χ1v) is 18.4. The number of carboxylic acids is 1. The fourth-order valence-electron chi connectivity index (χ4n) is 7.49. The zero-order valence-electron chi connectivity index (χ0n) is 30.6. The lowest BCUT2D eigenvalue weighted by molar-refractivity contribution is -0.142. The molecule has 4 N–H and O–H groups in total. The Balaban J connectivity index is 1.14. The Bertz CT molecular complexity index is 1560. The Morgan fingerprint density at radius 3 is 2.47 bits per heavy atom. The third-order valence-electron chi connectivity index (χ3n) is 10.3. The number of benzene rings is 1. The van der Waals surface area contributed by atoms with Crippen molar-refractivity contribution in [1.82, 2.24) is 25.5 Å². The van der Waals surface area contributed by atoms with Crippen LogP contribution in [0.3, 0.4) is 0 Å². The monoisotopic (exact) mass is 706 g/mol. The average molecular weight is 707 g/mol. The van der Waals surface area contributed by atoms with E-state index in [0.29, 0.717) is 47.9 Å². The van der Waals surface area contributed by atoms with E-state index in [2.05, 4.69) is 30.7 Å². The summed E-state index contributed by atoms with van der Waals surface area (Å²) < 4.78 is 5.67. The van der Waals surface area contributed by atoms with Crippen LogP contribution in [0.5, 0.6) is 5.75 Å². The summed E-state index contributed by atoms with van der Waals surface area (Å²) in [5.74, 6) is 0.434. The van der Waals surface area contributed by atoms with Crippen LogP contribution in [-0.4, -0.2) is 102 Å². The Kier molecular flexibility index (Phi) is 12.7. The van der Waals surface area contributed by atoms with Gasteiger partial charge in [0.25, 0.3) is 5.91 Å². The summed E-state index contributed by atoms with van der Waals surface area (Å²) in [7, 11) is 3.33. The van der Waals surface area contributed by atoms with Crippen LogP contribution in [0.1, 0.15) is 95.3 Å². The van der Waals surface area contributed by atoms with Gasteiger partial charge in [-0.2, -0.15) is 4.98 Å². The number of fused-ring (bicyclic) bond motifs is 1. The Morgan fingerprint density at radius 1 is 1.10 bits per heavy atom. The lowest BCUT2D eigenvalue weighted by Gasteiger charge is -2.43. The summed E-state index contributed by atoms with van der Waals surface area (Å²) in [6.45, 7) is 8.24. The number of aromatic nitrogens is 2. The number of hydrogen-bond acceptors (Lipinski definition) is 10. The van der Waals surface area contributed by atoms with Crippen LogP contribution in [0, 0.1) is 5.92 Å². The molecule has 2 fully saturated rings. The van der Waals surface area contributed by atoms with E-state index >= 15 is 0 Å². The van der Waals surface area contributed by atoms with Crippen molar-refractivity contribution in [2.45, 2.75) is 109 Å². The number of carboxylic acid groups (broad SMARTS) is 1. The molecule has 5 rings (SSSR count). The number of rotatable bonds is 15. The van der Waals surface area contributed by atoms with Gasteiger partial charge in [-0.3, -0.25) is 14.4 Å². The number of anilines is 4. The number of nitrogens with zero attached hydrogens (tertiary/aromatic N) is 5. The molecule has 0 radical (unpaired) electrons. The lowest BCUT2D eigenvalue weighted by Crippen LogP contribution is -2.55. The Morgan fingerprint density at radius 2 is 1.82 bits per heavy atom. The molecule has 51 heavy (non-hydrogen) atoms. The quantitative estimate of drug-likeness (QED) is 0.208. The number of carbonyl (C=O) groups is 4. The van der Waals surface area contributed by atoms with Gasteiger partial charge in [0, 0.05) is 44.2 Å². The molecule has 1 saturated heterocycles. The van der Waals surface area contributed by atoms with Gasteiger partial charge in [-0.25, -0.2) is 9.78 Å². The molecule has 2 aromatic rings. The summed E-state index contributed by atoms with van der Waals surface area (Å²) in [6.07, 6.45) is 9.64. The van der Waals surface area contributed by atoms with Crippen molar-refractivity contribution in [2.24, 2.45) is 5.92 Å². The molecule has 3 heterocycles. The maximum atomic E-state index is 13.3. The third-order valence-corrected chi connectivity index (χ3v) is 10.3.